The summed E-state index contributed by atoms with van der Waals surface area (Å²) in [4.78, 5) is 9.63. The molecule has 0 atom stereocenters. The Hall–Kier alpha value is -2.93. The number of aromatic nitrogens is 2. The smallest absolute Gasteiger partial charge is 0.206 e. The maximum absolute atomic E-state index is 5.53. The van der Waals surface area contributed by atoms with Crippen LogP contribution in [0.2, 0.25) is 0 Å². The third-order valence-electron chi connectivity index (χ3n) is 3.65. The Morgan fingerprint density at radius 3 is 2.77 bits per heavy atom. The topological polar surface area (TPSA) is 61.0 Å². The quantitative estimate of drug-likeness (QED) is 0.626. The first-order valence-electron chi connectivity index (χ1n) is 8.15. The van der Waals surface area contributed by atoms with Gasteiger partial charge in [-0.2, -0.15) is 5.10 Å². The van der Waals surface area contributed by atoms with E-state index in [0.29, 0.717) is 6.54 Å². The van der Waals surface area contributed by atoms with Crippen LogP contribution < -0.4 is 14.3 Å². The Balaban J connectivity index is 2.15. The summed E-state index contributed by atoms with van der Waals surface area (Å²) in [5.74, 6) is 1.50. The number of hydrogen-bond acceptors (Lipinski definition) is 6. The fourth-order valence-corrected chi connectivity index (χ4v) is 3.32. The maximum Gasteiger partial charge on any atom is 0.206 e. The van der Waals surface area contributed by atoms with Gasteiger partial charge in [-0.05, 0) is 37.3 Å². The van der Waals surface area contributed by atoms with Gasteiger partial charge in [-0.25, -0.2) is 4.68 Å². The molecular formula is C19H20N4O2S. The van der Waals surface area contributed by atoms with E-state index < -0.39 is 0 Å². The third-order valence-corrected chi connectivity index (χ3v) is 4.51. The Morgan fingerprint density at radius 2 is 2.08 bits per heavy atom. The summed E-state index contributed by atoms with van der Waals surface area (Å²) in [6.45, 7) is 2.67. The van der Waals surface area contributed by atoms with Crippen LogP contribution in [-0.2, 0) is 0 Å². The van der Waals surface area contributed by atoms with Crippen molar-refractivity contribution in [2.24, 2.45) is 10.1 Å². The van der Waals surface area contributed by atoms with Crippen molar-refractivity contribution in [3.05, 3.63) is 58.5 Å². The van der Waals surface area contributed by atoms with E-state index in [9.17, 15) is 0 Å². The van der Waals surface area contributed by atoms with E-state index in [1.807, 2.05) is 48.7 Å². The van der Waals surface area contributed by atoms with Crippen molar-refractivity contribution in [2.75, 3.05) is 20.8 Å². The second-order valence-electron chi connectivity index (χ2n) is 5.26. The lowest BCUT2D eigenvalue weighted by Crippen LogP contribution is -2.12. The average Bonchev–Trinajstić information content (AvgIpc) is 3.09. The van der Waals surface area contributed by atoms with E-state index in [-0.39, 0.29) is 0 Å². The summed E-state index contributed by atoms with van der Waals surface area (Å²) in [5.41, 5.74) is 2.54. The predicted octanol–water partition coefficient (Wildman–Crippen LogP) is 3.43. The van der Waals surface area contributed by atoms with E-state index in [2.05, 4.69) is 15.1 Å². The lowest BCUT2D eigenvalue weighted by Gasteiger charge is -2.11. The zero-order valence-corrected chi connectivity index (χ0v) is 15.7. The molecule has 0 N–H and O–H groups in total. The zero-order valence-electron chi connectivity index (χ0n) is 14.9. The molecule has 6 nitrogen and oxygen atoms in total. The molecule has 3 rings (SSSR count). The lowest BCUT2D eigenvalue weighted by atomic mass is 10.1. The van der Waals surface area contributed by atoms with Crippen LogP contribution in [0.4, 0.5) is 0 Å². The van der Waals surface area contributed by atoms with Crippen molar-refractivity contribution in [3.8, 4) is 22.8 Å². The zero-order chi connectivity index (χ0) is 18.4. The van der Waals surface area contributed by atoms with Crippen molar-refractivity contribution in [1.82, 2.24) is 9.66 Å². The second kappa shape index (κ2) is 8.44. The fraction of sp³-hybridized carbons (Fsp3) is 0.211. The minimum Gasteiger partial charge on any atom is -0.497 e. The highest BCUT2D eigenvalue weighted by molar-refractivity contribution is 7.07. The molecule has 0 amide bonds. The molecule has 2 aromatic heterocycles. The number of ether oxygens (including phenoxy) is 2. The standard InChI is InChI=1S/C19H20N4O2S/c1-4-20-19-23(22-12-14-7-5-6-10-21-14)17(13-26-19)16-11-15(24-2)8-9-18(16)25-3/h5-13H,4H2,1-3H3. The lowest BCUT2D eigenvalue weighted by molar-refractivity contribution is 0.404. The highest BCUT2D eigenvalue weighted by Crippen LogP contribution is 2.33. The molecule has 0 fully saturated rings. The predicted molar refractivity (Wildman–Crippen MR) is 104 cm³/mol. The van der Waals surface area contributed by atoms with Crippen LogP contribution >= 0.6 is 11.3 Å². The average molecular weight is 368 g/mol. The monoisotopic (exact) mass is 368 g/mol. The highest BCUT2D eigenvalue weighted by Gasteiger charge is 2.14. The van der Waals surface area contributed by atoms with Crippen molar-refractivity contribution in [2.45, 2.75) is 6.92 Å². The molecule has 1 aromatic carbocycles. The Labute approximate surface area is 156 Å². The molecule has 0 bridgehead atoms. The molecule has 0 saturated heterocycles. The third kappa shape index (κ3) is 3.83. The second-order valence-corrected chi connectivity index (χ2v) is 6.09. The normalized spacial score (nSPS) is 11.9. The summed E-state index contributed by atoms with van der Waals surface area (Å²) in [6.07, 6.45) is 3.46. The molecule has 0 saturated carbocycles. The summed E-state index contributed by atoms with van der Waals surface area (Å²) in [7, 11) is 3.29. The molecule has 0 aliphatic rings. The van der Waals surface area contributed by atoms with Crippen molar-refractivity contribution < 1.29 is 9.47 Å². The fourth-order valence-electron chi connectivity index (χ4n) is 2.42. The number of pyridine rings is 1. The van der Waals surface area contributed by atoms with E-state index >= 15 is 0 Å². The van der Waals surface area contributed by atoms with Gasteiger partial charge in [0.15, 0.2) is 0 Å². The number of nitrogens with zero attached hydrogens (tertiary/aromatic N) is 4. The van der Waals surface area contributed by atoms with Crippen molar-refractivity contribution in [1.29, 1.82) is 0 Å². The van der Waals surface area contributed by atoms with Crippen LogP contribution in [0.1, 0.15) is 12.6 Å². The number of hydrogen-bond donors (Lipinski definition) is 0. The molecule has 134 valence electrons. The van der Waals surface area contributed by atoms with Gasteiger partial charge in [0.1, 0.15) is 11.5 Å². The van der Waals surface area contributed by atoms with Crippen LogP contribution in [0, 0.1) is 0 Å². The molecule has 0 aliphatic carbocycles. The van der Waals surface area contributed by atoms with E-state index in [0.717, 1.165) is 33.3 Å². The van der Waals surface area contributed by atoms with Crippen LogP contribution in [-0.4, -0.2) is 36.6 Å². The van der Waals surface area contributed by atoms with Gasteiger partial charge in [0, 0.05) is 23.7 Å². The maximum atomic E-state index is 5.53. The van der Waals surface area contributed by atoms with Gasteiger partial charge in [0.05, 0.1) is 31.8 Å². The van der Waals surface area contributed by atoms with Crippen molar-refractivity contribution >= 4 is 17.6 Å². The van der Waals surface area contributed by atoms with E-state index in [4.69, 9.17) is 9.47 Å². The minimum absolute atomic E-state index is 0.675. The van der Waals surface area contributed by atoms with Gasteiger partial charge >= 0.3 is 0 Å². The number of rotatable bonds is 6. The van der Waals surface area contributed by atoms with Crippen LogP contribution in [0.3, 0.4) is 0 Å². The Morgan fingerprint density at radius 1 is 1.19 bits per heavy atom. The molecule has 0 aliphatic heterocycles. The van der Waals surface area contributed by atoms with Gasteiger partial charge in [-0.15, -0.1) is 11.3 Å². The first-order chi connectivity index (χ1) is 12.8. The molecule has 0 radical (unpaired) electrons. The number of benzene rings is 1. The van der Waals surface area contributed by atoms with Gasteiger partial charge in [-0.1, -0.05) is 6.07 Å². The summed E-state index contributed by atoms with van der Waals surface area (Å²) in [5, 5.41) is 6.63. The van der Waals surface area contributed by atoms with Gasteiger partial charge < -0.3 is 9.47 Å². The first-order valence-corrected chi connectivity index (χ1v) is 9.03. The summed E-state index contributed by atoms with van der Waals surface area (Å²) < 4.78 is 12.7. The number of methoxy groups -OCH3 is 2. The van der Waals surface area contributed by atoms with Gasteiger partial charge in [-0.3, -0.25) is 9.98 Å². The summed E-state index contributed by atoms with van der Waals surface area (Å²) in [6, 6.07) is 11.4. The molecule has 3 aromatic rings. The largest absolute Gasteiger partial charge is 0.497 e. The molecular weight excluding hydrogens is 348 g/mol. The first kappa shape index (κ1) is 17.9. The van der Waals surface area contributed by atoms with Gasteiger partial charge in [0.2, 0.25) is 4.80 Å². The summed E-state index contributed by atoms with van der Waals surface area (Å²) >= 11 is 1.53. The molecule has 7 heteroatoms. The van der Waals surface area contributed by atoms with Gasteiger partial charge in [0.25, 0.3) is 0 Å². The highest BCUT2D eigenvalue weighted by atomic mass is 32.1. The molecule has 0 unspecified atom stereocenters. The molecule has 2 heterocycles. The van der Waals surface area contributed by atoms with E-state index in [1.54, 1.807) is 31.3 Å². The van der Waals surface area contributed by atoms with Crippen molar-refractivity contribution in [3.63, 3.8) is 0 Å². The van der Waals surface area contributed by atoms with E-state index in [1.165, 1.54) is 11.3 Å². The molecule has 26 heavy (non-hydrogen) atoms. The van der Waals surface area contributed by atoms with Crippen LogP contribution in [0.5, 0.6) is 11.5 Å². The Bertz CT molecular complexity index is 961. The Kier molecular flexibility index (Phi) is 5.80. The minimum atomic E-state index is 0.675. The van der Waals surface area contributed by atoms with Crippen LogP contribution in [0.25, 0.3) is 11.3 Å². The number of thiazole rings is 1. The SMILES string of the molecule is CCN=c1scc(-c2cc(OC)ccc2OC)n1N=Cc1ccccn1. The van der Waals surface area contributed by atoms with Crippen LogP contribution in [0.15, 0.2) is 58.1 Å². The molecule has 0 spiro atoms.